The number of pyridine rings is 2. The molecule has 7 heteroatoms. The van der Waals surface area contributed by atoms with Crippen molar-refractivity contribution in [3.8, 4) is 0 Å². The number of hydrogen-bond acceptors (Lipinski definition) is 4. The van der Waals surface area contributed by atoms with Crippen LogP contribution in [0.1, 0.15) is 10.4 Å². The molecule has 1 aliphatic rings. The van der Waals surface area contributed by atoms with Crippen molar-refractivity contribution in [2.24, 2.45) is 0 Å². The van der Waals surface area contributed by atoms with Crippen molar-refractivity contribution >= 4 is 43.6 Å². The molecule has 2 aromatic rings. The van der Waals surface area contributed by atoms with Gasteiger partial charge in [0.15, 0.2) is 0 Å². The van der Waals surface area contributed by atoms with Gasteiger partial charge in [0.1, 0.15) is 5.82 Å². The fraction of sp³-hybridized carbons (Fsp3) is 0.267. The maximum absolute atomic E-state index is 12.5. The molecule has 0 N–H and O–H groups in total. The highest BCUT2D eigenvalue weighted by Gasteiger charge is 2.23. The van der Waals surface area contributed by atoms with Crippen LogP contribution >= 0.6 is 31.9 Å². The second-order valence-electron chi connectivity index (χ2n) is 5.01. The molecule has 0 bridgehead atoms. The van der Waals surface area contributed by atoms with E-state index in [9.17, 15) is 4.79 Å². The van der Waals surface area contributed by atoms with Gasteiger partial charge < -0.3 is 9.80 Å². The van der Waals surface area contributed by atoms with Crippen LogP contribution in [0.2, 0.25) is 0 Å². The van der Waals surface area contributed by atoms with E-state index in [0.717, 1.165) is 27.9 Å². The smallest absolute Gasteiger partial charge is 0.255 e. The molecule has 0 radical (unpaired) electrons. The van der Waals surface area contributed by atoms with E-state index in [-0.39, 0.29) is 5.91 Å². The highest BCUT2D eigenvalue weighted by atomic mass is 79.9. The minimum Gasteiger partial charge on any atom is -0.353 e. The molecule has 1 amide bonds. The largest absolute Gasteiger partial charge is 0.353 e. The van der Waals surface area contributed by atoms with Crippen molar-refractivity contribution in [1.82, 2.24) is 14.9 Å². The Morgan fingerprint density at radius 1 is 1.00 bits per heavy atom. The Hall–Kier alpha value is -1.47. The number of nitrogens with zero attached hydrogens (tertiary/aromatic N) is 4. The molecular formula is C15H14Br2N4O. The average molecular weight is 426 g/mol. The minimum atomic E-state index is 0.0252. The Bertz CT molecular complexity index is 669. The van der Waals surface area contributed by atoms with Crippen molar-refractivity contribution < 1.29 is 4.79 Å². The predicted octanol–water partition coefficient (Wildman–Crippen LogP) is 2.96. The summed E-state index contributed by atoms with van der Waals surface area (Å²) in [6, 6.07) is 5.77. The van der Waals surface area contributed by atoms with Crippen molar-refractivity contribution in [3.63, 3.8) is 0 Å². The minimum absolute atomic E-state index is 0.0252. The molecule has 2 aromatic heterocycles. The number of hydrogen-bond donors (Lipinski definition) is 0. The number of piperazine rings is 1. The van der Waals surface area contributed by atoms with Gasteiger partial charge in [0.2, 0.25) is 0 Å². The third-order valence-corrected chi connectivity index (χ3v) is 4.46. The van der Waals surface area contributed by atoms with Crippen LogP contribution < -0.4 is 4.90 Å². The molecule has 1 saturated heterocycles. The Morgan fingerprint density at radius 2 is 1.77 bits per heavy atom. The maximum Gasteiger partial charge on any atom is 0.255 e. The molecule has 1 aliphatic heterocycles. The quantitative estimate of drug-likeness (QED) is 0.742. The lowest BCUT2D eigenvalue weighted by molar-refractivity contribution is 0.0746. The van der Waals surface area contributed by atoms with Gasteiger partial charge in [-0.25, -0.2) is 4.98 Å². The van der Waals surface area contributed by atoms with Crippen molar-refractivity contribution in [1.29, 1.82) is 0 Å². The number of amides is 1. The van der Waals surface area contributed by atoms with Gasteiger partial charge in [-0.1, -0.05) is 0 Å². The molecule has 0 unspecified atom stereocenters. The van der Waals surface area contributed by atoms with Crippen LogP contribution in [0.4, 0.5) is 5.82 Å². The number of halogens is 2. The fourth-order valence-electron chi connectivity index (χ4n) is 2.41. The lowest BCUT2D eigenvalue weighted by atomic mass is 10.2. The summed E-state index contributed by atoms with van der Waals surface area (Å²) in [6.45, 7) is 2.93. The van der Waals surface area contributed by atoms with E-state index in [1.54, 1.807) is 24.7 Å². The molecule has 0 aromatic carbocycles. The van der Waals surface area contributed by atoms with Crippen LogP contribution in [-0.2, 0) is 0 Å². The van der Waals surface area contributed by atoms with E-state index >= 15 is 0 Å². The van der Waals surface area contributed by atoms with E-state index < -0.39 is 0 Å². The van der Waals surface area contributed by atoms with E-state index in [4.69, 9.17) is 0 Å². The molecule has 3 rings (SSSR count). The Labute approximate surface area is 145 Å². The summed E-state index contributed by atoms with van der Waals surface area (Å²) >= 11 is 6.73. The number of rotatable bonds is 2. The van der Waals surface area contributed by atoms with Crippen LogP contribution in [0.25, 0.3) is 0 Å². The zero-order valence-electron chi connectivity index (χ0n) is 11.7. The van der Waals surface area contributed by atoms with Gasteiger partial charge in [0, 0.05) is 53.7 Å². The predicted molar refractivity (Wildman–Crippen MR) is 92.0 cm³/mol. The standard InChI is InChI=1S/C15H14Br2N4O/c16-12-1-2-14(19-10-12)20-3-5-21(6-4-20)15(22)11-7-13(17)9-18-8-11/h1-2,7-10H,3-6H2. The molecule has 0 spiro atoms. The first kappa shape index (κ1) is 15.4. The number of anilines is 1. The first-order valence-electron chi connectivity index (χ1n) is 6.90. The molecule has 114 valence electrons. The van der Waals surface area contributed by atoms with Gasteiger partial charge in [-0.05, 0) is 50.1 Å². The SMILES string of the molecule is O=C(c1cncc(Br)c1)N1CCN(c2ccc(Br)cn2)CC1. The molecule has 0 atom stereocenters. The van der Waals surface area contributed by atoms with E-state index in [2.05, 4.69) is 46.7 Å². The summed E-state index contributed by atoms with van der Waals surface area (Å²) in [4.78, 5) is 25.0. The van der Waals surface area contributed by atoms with Gasteiger partial charge in [0.25, 0.3) is 5.91 Å². The van der Waals surface area contributed by atoms with E-state index in [1.165, 1.54) is 0 Å². The highest BCUT2D eigenvalue weighted by Crippen LogP contribution is 2.18. The lowest BCUT2D eigenvalue weighted by Crippen LogP contribution is -2.49. The third-order valence-electron chi connectivity index (χ3n) is 3.55. The van der Waals surface area contributed by atoms with Gasteiger partial charge in [0.05, 0.1) is 5.56 Å². The second-order valence-corrected chi connectivity index (χ2v) is 6.84. The van der Waals surface area contributed by atoms with Crippen LogP contribution in [0, 0.1) is 0 Å². The molecule has 0 aliphatic carbocycles. The normalized spacial score (nSPS) is 15.0. The van der Waals surface area contributed by atoms with Gasteiger partial charge in [-0.3, -0.25) is 9.78 Å². The summed E-state index contributed by atoms with van der Waals surface area (Å²) in [5.41, 5.74) is 0.615. The fourth-order valence-corrected chi connectivity index (χ4v) is 3.00. The first-order valence-corrected chi connectivity index (χ1v) is 8.48. The molecule has 1 fully saturated rings. The van der Waals surface area contributed by atoms with Gasteiger partial charge >= 0.3 is 0 Å². The van der Waals surface area contributed by atoms with Crippen molar-refractivity contribution in [3.05, 3.63) is 51.3 Å². The Morgan fingerprint density at radius 3 is 2.41 bits per heavy atom. The summed E-state index contributed by atoms with van der Waals surface area (Å²) in [7, 11) is 0. The average Bonchev–Trinajstić information content (AvgIpc) is 2.55. The zero-order valence-corrected chi connectivity index (χ0v) is 14.9. The number of carbonyl (C=O) groups excluding carboxylic acids is 1. The lowest BCUT2D eigenvalue weighted by Gasteiger charge is -2.35. The van der Waals surface area contributed by atoms with Crippen molar-refractivity contribution in [2.45, 2.75) is 0 Å². The summed E-state index contributed by atoms with van der Waals surface area (Å²) in [5.74, 6) is 0.969. The summed E-state index contributed by atoms with van der Waals surface area (Å²) in [6.07, 6.45) is 5.07. The molecule has 3 heterocycles. The summed E-state index contributed by atoms with van der Waals surface area (Å²) < 4.78 is 1.78. The molecule has 22 heavy (non-hydrogen) atoms. The Kier molecular flexibility index (Phi) is 4.73. The van der Waals surface area contributed by atoms with E-state index in [1.807, 2.05) is 17.0 Å². The maximum atomic E-state index is 12.5. The van der Waals surface area contributed by atoms with Crippen LogP contribution in [0.15, 0.2) is 45.7 Å². The number of aromatic nitrogens is 2. The monoisotopic (exact) mass is 424 g/mol. The summed E-state index contributed by atoms with van der Waals surface area (Å²) in [5, 5.41) is 0. The first-order chi connectivity index (χ1) is 10.6. The second kappa shape index (κ2) is 6.75. The molecule has 5 nitrogen and oxygen atoms in total. The third kappa shape index (κ3) is 3.47. The molecular weight excluding hydrogens is 412 g/mol. The topological polar surface area (TPSA) is 49.3 Å². The van der Waals surface area contributed by atoms with Crippen molar-refractivity contribution in [2.75, 3.05) is 31.1 Å². The Balaban J connectivity index is 1.64. The zero-order chi connectivity index (χ0) is 15.5. The van der Waals surface area contributed by atoms with Gasteiger partial charge in [-0.2, -0.15) is 0 Å². The molecule has 0 saturated carbocycles. The van der Waals surface area contributed by atoms with Crippen LogP contribution in [-0.4, -0.2) is 47.0 Å². The van der Waals surface area contributed by atoms with Gasteiger partial charge in [-0.15, -0.1) is 0 Å². The van der Waals surface area contributed by atoms with E-state index in [0.29, 0.717) is 18.7 Å². The van der Waals surface area contributed by atoms with Crippen LogP contribution in [0.3, 0.4) is 0 Å². The highest BCUT2D eigenvalue weighted by molar-refractivity contribution is 9.10. The van der Waals surface area contributed by atoms with Crippen LogP contribution in [0.5, 0.6) is 0 Å². The number of carbonyl (C=O) groups is 1.